The molecule has 1 aromatic rings. The predicted molar refractivity (Wildman–Crippen MR) is 74.1 cm³/mol. The number of H-pyrrole nitrogens is 1. The van der Waals surface area contributed by atoms with Gasteiger partial charge in [-0.05, 0) is 5.41 Å². The molecular formula is C13H22N4O3. The zero-order valence-electron chi connectivity index (χ0n) is 12.3. The first kappa shape index (κ1) is 16.0. The second-order valence-corrected chi connectivity index (χ2v) is 5.86. The van der Waals surface area contributed by atoms with Gasteiger partial charge in [0.1, 0.15) is 5.82 Å². The van der Waals surface area contributed by atoms with Crippen molar-refractivity contribution < 1.29 is 14.7 Å². The highest BCUT2D eigenvalue weighted by Crippen LogP contribution is 2.22. The molecule has 0 aromatic carbocycles. The molecule has 0 bridgehead atoms. The molecule has 0 fully saturated rings. The smallest absolute Gasteiger partial charge is 0.317 e. The van der Waals surface area contributed by atoms with Gasteiger partial charge in [0, 0.05) is 25.5 Å². The molecule has 0 aliphatic rings. The van der Waals surface area contributed by atoms with Crippen molar-refractivity contribution in [1.82, 2.24) is 20.2 Å². The van der Waals surface area contributed by atoms with Crippen LogP contribution in [0.25, 0.3) is 0 Å². The van der Waals surface area contributed by atoms with E-state index in [0.717, 1.165) is 0 Å². The molecule has 0 radical (unpaired) electrons. The van der Waals surface area contributed by atoms with Crippen molar-refractivity contribution in [2.24, 2.45) is 5.41 Å². The maximum absolute atomic E-state index is 12.1. The van der Waals surface area contributed by atoms with Gasteiger partial charge < -0.3 is 20.3 Å². The molecule has 0 saturated carbocycles. The Morgan fingerprint density at radius 3 is 2.60 bits per heavy atom. The molecule has 1 rings (SSSR count). The van der Waals surface area contributed by atoms with Gasteiger partial charge >= 0.3 is 12.0 Å². The number of carboxylic acid groups (broad SMARTS) is 1. The van der Waals surface area contributed by atoms with Crippen LogP contribution >= 0.6 is 0 Å². The Morgan fingerprint density at radius 2 is 2.15 bits per heavy atom. The number of imidazole rings is 1. The van der Waals surface area contributed by atoms with E-state index in [1.165, 1.54) is 4.90 Å². The van der Waals surface area contributed by atoms with Gasteiger partial charge in [0.25, 0.3) is 0 Å². The van der Waals surface area contributed by atoms with Gasteiger partial charge in [0.15, 0.2) is 0 Å². The van der Waals surface area contributed by atoms with Gasteiger partial charge in [0.2, 0.25) is 0 Å². The van der Waals surface area contributed by atoms with Crippen LogP contribution in [-0.2, 0) is 11.3 Å². The highest BCUT2D eigenvalue weighted by molar-refractivity contribution is 5.75. The summed E-state index contributed by atoms with van der Waals surface area (Å²) >= 11 is 0. The summed E-state index contributed by atoms with van der Waals surface area (Å²) in [5, 5.41) is 11.7. The SMILES string of the molecule is CN(Cc1ncc[nH]1)C(=O)NC(CC(=O)O)C(C)(C)C. The monoisotopic (exact) mass is 282 g/mol. The number of nitrogens with one attached hydrogen (secondary N) is 2. The van der Waals surface area contributed by atoms with Crippen LogP contribution in [0.1, 0.15) is 33.0 Å². The van der Waals surface area contributed by atoms with Gasteiger partial charge in [-0.15, -0.1) is 0 Å². The van der Waals surface area contributed by atoms with E-state index in [-0.39, 0.29) is 17.9 Å². The second kappa shape index (κ2) is 6.40. The topological polar surface area (TPSA) is 98.3 Å². The molecule has 1 atom stereocenters. The number of aromatic amines is 1. The third-order valence-electron chi connectivity index (χ3n) is 3.01. The third kappa shape index (κ3) is 4.91. The fourth-order valence-electron chi connectivity index (χ4n) is 1.69. The summed E-state index contributed by atoms with van der Waals surface area (Å²) < 4.78 is 0. The molecule has 2 amide bonds. The highest BCUT2D eigenvalue weighted by atomic mass is 16.4. The molecule has 0 aliphatic heterocycles. The van der Waals surface area contributed by atoms with Crippen LogP contribution in [0, 0.1) is 5.41 Å². The van der Waals surface area contributed by atoms with Crippen molar-refractivity contribution in [2.45, 2.75) is 39.8 Å². The second-order valence-electron chi connectivity index (χ2n) is 5.86. The summed E-state index contributed by atoms with van der Waals surface area (Å²) in [6.07, 6.45) is 3.19. The van der Waals surface area contributed by atoms with Crippen LogP contribution in [0.3, 0.4) is 0 Å². The molecule has 7 heteroatoms. The Bertz CT molecular complexity index is 451. The molecule has 1 heterocycles. The number of hydrogen-bond donors (Lipinski definition) is 3. The molecule has 112 valence electrons. The van der Waals surface area contributed by atoms with Crippen molar-refractivity contribution >= 4 is 12.0 Å². The number of hydrogen-bond acceptors (Lipinski definition) is 3. The number of rotatable bonds is 5. The summed E-state index contributed by atoms with van der Waals surface area (Å²) in [4.78, 5) is 31.4. The van der Waals surface area contributed by atoms with Crippen LogP contribution in [-0.4, -0.2) is 45.1 Å². The van der Waals surface area contributed by atoms with Gasteiger partial charge in [-0.25, -0.2) is 9.78 Å². The average Bonchev–Trinajstić information content (AvgIpc) is 2.78. The van der Waals surface area contributed by atoms with Gasteiger partial charge in [-0.2, -0.15) is 0 Å². The number of carboxylic acids is 1. The minimum absolute atomic E-state index is 0.107. The molecule has 0 saturated heterocycles. The minimum Gasteiger partial charge on any atom is -0.481 e. The summed E-state index contributed by atoms with van der Waals surface area (Å²) in [5.74, 6) is -0.257. The van der Waals surface area contributed by atoms with Crippen LogP contribution in [0.2, 0.25) is 0 Å². The summed E-state index contributed by atoms with van der Waals surface area (Å²) in [6.45, 7) is 6.02. The Labute approximate surface area is 118 Å². The molecule has 7 nitrogen and oxygen atoms in total. The van der Waals surface area contributed by atoms with Crippen LogP contribution in [0.4, 0.5) is 4.79 Å². The first-order valence-electron chi connectivity index (χ1n) is 6.42. The number of urea groups is 1. The fourth-order valence-corrected chi connectivity index (χ4v) is 1.69. The molecule has 3 N–H and O–H groups in total. The Kier molecular flexibility index (Phi) is 5.12. The first-order chi connectivity index (χ1) is 9.20. The van der Waals surface area contributed by atoms with Crippen LogP contribution < -0.4 is 5.32 Å². The van der Waals surface area contributed by atoms with E-state index in [1.54, 1.807) is 19.4 Å². The Morgan fingerprint density at radius 1 is 1.50 bits per heavy atom. The number of aliphatic carboxylic acids is 1. The summed E-state index contributed by atoms with van der Waals surface area (Å²) in [5.41, 5.74) is -0.334. The summed E-state index contributed by atoms with van der Waals surface area (Å²) in [7, 11) is 1.64. The number of carbonyl (C=O) groups is 2. The lowest BCUT2D eigenvalue weighted by Gasteiger charge is -2.31. The molecule has 1 aromatic heterocycles. The third-order valence-corrected chi connectivity index (χ3v) is 3.01. The summed E-state index contributed by atoms with van der Waals surface area (Å²) in [6, 6.07) is -0.755. The Balaban J connectivity index is 2.63. The zero-order valence-corrected chi connectivity index (χ0v) is 12.3. The van der Waals surface area contributed by atoms with E-state index < -0.39 is 12.0 Å². The molecule has 0 spiro atoms. The van der Waals surface area contributed by atoms with Crippen molar-refractivity contribution in [3.63, 3.8) is 0 Å². The van der Waals surface area contributed by atoms with Crippen molar-refractivity contribution in [3.05, 3.63) is 18.2 Å². The van der Waals surface area contributed by atoms with Crippen molar-refractivity contribution in [1.29, 1.82) is 0 Å². The van der Waals surface area contributed by atoms with Crippen molar-refractivity contribution in [3.8, 4) is 0 Å². The van der Waals surface area contributed by atoms with E-state index in [9.17, 15) is 9.59 Å². The highest BCUT2D eigenvalue weighted by Gasteiger charge is 2.29. The van der Waals surface area contributed by atoms with Crippen LogP contribution in [0.5, 0.6) is 0 Å². The Hall–Kier alpha value is -2.05. The van der Waals surface area contributed by atoms with E-state index in [2.05, 4.69) is 15.3 Å². The molecule has 0 aliphatic carbocycles. The predicted octanol–water partition coefficient (Wildman–Crippen LogP) is 1.44. The zero-order chi connectivity index (χ0) is 15.3. The molecular weight excluding hydrogens is 260 g/mol. The van der Waals surface area contributed by atoms with E-state index >= 15 is 0 Å². The number of amides is 2. The van der Waals surface area contributed by atoms with Gasteiger partial charge in [-0.3, -0.25) is 4.79 Å². The first-order valence-corrected chi connectivity index (χ1v) is 6.42. The number of aromatic nitrogens is 2. The van der Waals surface area contributed by atoms with E-state index in [4.69, 9.17) is 5.11 Å². The quantitative estimate of drug-likeness (QED) is 0.761. The number of nitrogens with zero attached hydrogens (tertiary/aromatic N) is 2. The van der Waals surface area contributed by atoms with Gasteiger partial charge in [-0.1, -0.05) is 20.8 Å². The lowest BCUT2D eigenvalue weighted by atomic mass is 9.85. The lowest BCUT2D eigenvalue weighted by Crippen LogP contribution is -2.49. The fraction of sp³-hybridized carbons (Fsp3) is 0.615. The maximum atomic E-state index is 12.1. The molecule has 20 heavy (non-hydrogen) atoms. The molecule has 1 unspecified atom stereocenters. The van der Waals surface area contributed by atoms with E-state index in [0.29, 0.717) is 12.4 Å². The lowest BCUT2D eigenvalue weighted by molar-refractivity contribution is -0.138. The van der Waals surface area contributed by atoms with Crippen LogP contribution in [0.15, 0.2) is 12.4 Å². The average molecular weight is 282 g/mol. The van der Waals surface area contributed by atoms with Crippen molar-refractivity contribution in [2.75, 3.05) is 7.05 Å². The van der Waals surface area contributed by atoms with E-state index in [1.807, 2.05) is 20.8 Å². The maximum Gasteiger partial charge on any atom is 0.317 e. The standard InChI is InChI=1S/C13H22N4O3/c1-13(2,3)9(7-11(18)19)16-12(20)17(4)8-10-14-5-6-15-10/h5-6,9H,7-8H2,1-4H3,(H,14,15)(H,16,20)(H,18,19). The largest absolute Gasteiger partial charge is 0.481 e. The minimum atomic E-state index is -0.932. The van der Waals surface area contributed by atoms with Gasteiger partial charge in [0.05, 0.1) is 13.0 Å². The number of carbonyl (C=O) groups excluding carboxylic acids is 1. The normalized spacial score (nSPS) is 12.8.